The molecule has 0 amide bonds. The van der Waals surface area contributed by atoms with Gasteiger partial charge in [-0.05, 0) is 48.8 Å². The number of rotatable bonds is 5. The first kappa shape index (κ1) is 14.5. The molecule has 0 aromatic carbocycles. The van der Waals surface area contributed by atoms with Crippen molar-refractivity contribution < 1.29 is 0 Å². The summed E-state index contributed by atoms with van der Waals surface area (Å²) in [6.45, 7) is 8.01. The van der Waals surface area contributed by atoms with Crippen LogP contribution in [-0.2, 0) is 6.42 Å². The maximum absolute atomic E-state index is 4.54. The van der Waals surface area contributed by atoms with Crippen LogP contribution >= 0.6 is 27.3 Å². The summed E-state index contributed by atoms with van der Waals surface area (Å²) in [4.78, 5) is 5.91. The van der Waals surface area contributed by atoms with Gasteiger partial charge in [-0.15, -0.1) is 11.3 Å². The molecule has 0 radical (unpaired) electrons. The van der Waals surface area contributed by atoms with Crippen molar-refractivity contribution in [2.75, 3.05) is 13.1 Å². The molecule has 1 rings (SSSR count). The van der Waals surface area contributed by atoms with Crippen LogP contribution < -0.4 is 10.6 Å². The van der Waals surface area contributed by atoms with Crippen LogP contribution in [0.5, 0.6) is 0 Å². The largest absolute Gasteiger partial charge is 0.357 e. The van der Waals surface area contributed by atoms with E-state index >= 15 is 0 Å². The third-order valence-corrected chi connectivity index (χ3v) is 3.71. The Balaban J connectivity index is 2.42. The zero-order valence-corrected chi connectivity index (χ0v) is 13.0. The van der Waals surface area contributed by atoms with E-state index in [0.29, 0.717) is 6.04 Å². The van der Waals surface area contributed by atoms with E-state index in [9.17, 15) is 0 Å². The van der Waals surface area contributed by atoms with Crippen molar-refractivity contribution in [2.24, 2.45) is 4.99 Å². The van der Waals surface area contributed by atoms with Crippen LogP contribution in [0.2, 0.25) is 0 Å². The van der Waals surface area contributed by atoms with Crippen molar-refractivity contribution in [3.8, 4) is 0 Å². The molecule has 3 nitrogen and oxygen atoms in total. The second kappa shape index (κ2) is 7.71. The molecule has 17 heavy (non-hydrogen) atoms. The van der Waals surface area contributed by atoms with Gasteiger partial charge in [0.2, 0.25) is 0 Å². The van der Waals surface area contributed by atoms with E-state index in [1.807, 2.05) is 0 Å². The normalized spacial score (nSPS) is 11.9. The number of nitrogens with one attached hydrogen (secondary N) is 2. The summed E-state index contributed by atoms with van der Waals surface area (Å²) >= 11 is 5.24. The van der Waals surface area contributed by atoms with Gasteiger partial charge in [-0.2, -0.15) is 0 Å². The highest BCUT2D eigenvalue weighted by Gasteiger charge is 2.00. The third kappa shape index (κ3) is 6.07. The van der Waals surface area contributed by atoms with Crippen LogP contribution in [0.15, 0.2) is 20.9 Å². The Morgan fingerprint density at radius 1 is 1.47 bits per heavy atom. The predicted molar refractivity (Wildman–Crippen MR) is 80.0 cm³/mol. The average molecular weight is 318 g/mol. The quantitative estimate of drug-likeness (QED) is 0.647. The van der Waals surface area contributed by atoms with Crippen LogP contribution in [0.25, 0.3) is 0 Å². The van der Waals surface area contributed by atoms with Crippen molar-refractivity contribution in [1.82, 2.24) is 10.6 Å². The lowest BCUT2D eigenvalue weighted by atomic mass is 10.3. The summed E-state index contributed by atoms with van der Waals surface area (Å²) in [5, 5.41) is 6.54. The first-order chi connectivity index (χ1) is 8.11. The molecule has 0 aliphatic heterocycles. The van der Waals surface area contributed by atoms with Crippen molar-refractivity contribution >= 4 is 33.2 Å². The molecular formula is C12H20BrN3S. The molecule has 0 atom stereocenters. The lowest BCUT2D eigenvalue weighted by Crippen LogP contribution is -2.41. The Hall–Kier alpha value is -0.550. The highest BCUT2D eigenvalue weighted by Crippen LogP contribution is 2.22. The molecule has 0 saturated carbocycles. The summed E-state index contributed by atoms with van der Waals surface area (Å²) in [5.74, 6) is 0.901. The molecule has 1 aromatic rings. The first-order valence-corrected chi connectivity index (χ1v) is 7.51. The Labute approximate surface area is 116 Å². The summed E-state index contributed by atoms with van der Waals surface area (Å²) in [5.41, 5.74) is 0. The van der Waals surface area contributed by atoms with E-state index < -0.39 is 0 Å². The van der Waals surface area contributed by atoms with Crippen molar-refractivity contribution in [1.29, 1.82) is 0 Å². The van der Waals surface area contributed by atoms with Gasteiger partial charge in [0.25, 0.3) is 0 Å². The van der Waals surface area contributed by atoms with Gasteiger partial charge in [-0.3, -0.25) is 4.99 Å². The van der Waals surface area contributed by atoms with E-state index in [1.54, 1.807) is 11.3 Å². The van der Waals surface area contributed by atoms with Crippen LogP contribution in [0.3, 0.4) is 0 Å². The highest BCUT2D eigenvalue weighted by molar-refractivity contribution is 9.11. The number of halogens is 1. The minimum absolute atomic E-state index is 0.406. The molecule has 0 unspecified atom stereocenters. The number of hydrogen-bond acceptors (Lipinski definition) is 2. The first-order valence-electron chi connectivity index (χ1n) is 5.91. The van der Waals surface area contributed by atoms with Gasteiger partial charge in [0, 0.05) is 30.4 Å². The second-order valence-electron chi connectivity index (χ2n) is 4.02. The van der Waals surface area contributed by atoms with Gasteiger partial charge in [0.15, 0.2) is 5.96 Å². The van der Waals surface area contributed by atoms with Gasteiger partial charge >= 0.3 is 0 Å². The molecule has 5 heteroatoms. The maximum atomic E-state index is 4.54. The van der Waals surface area contributed by atoms with E-state index in [2.05, 4.69) is 64.5 Å². The maximum Gasteiger partial charge on any atom is 0.191 e. The van der Waals surface area contributed by atoms with Crippen molar-refractivity contribution in [2.45, 2.75) is 33.2 Å². The van der Waals surface area contributed by atoms with Gasteiger partial charge in [-0.1, -0.05) is 0 Å². The minimum atomic E-state index is 0.406. The monoisotopic (exact) mass is 317 g/mol. The van der Waals surface area contributed by atoms with Crippen molar-refractivity contribution in [3.63, 3.8) is 0 Å². The van der Waals surface area contributed by atoms with Gasteiger partial charge in [0.1, 0.15) is 0 Å². The Morgan fingerprint density at radius 3 is 2.76 bits per heavy atom. The smallest absolute Gasteiger partial charge is 0.191 e. The third-order valence-electron chi connectivity index (χ3n) is 2.03. The molecule has 0 fully saturated rings. The molecular weight excluding hydrogens is 298 g/mol. The van der Waals surface area contributed by atoms with Crippen LogP contribution in [-0.4, -0.2) is 25.1 Å². The zero-order chi connectivity index (χ0) is 12.7. The van der Waals surface area contributed by atoms with E-state index in [4.69, 9.17) is 0 Å². The lowest BCUT2D eigenvalue weighted by Gasteiger charge is -2.13. The Kier molecular flexibility index (Phi) is 6.58. The van der Waals surface area contributed by atoms with E-state index in [1.165, 1.54) is 8.66 Å². The molecule has 1 heterocycles. The summed E-state index contributed by atoms with van der Waals surface area (Å²) in [6.07, 6.45) is 0.991. The molecule has 2 N–H and O–H groups in total. The second-order valence-corrected chi connectivity index (χ2v) is 6.56. The minimum Gasteiger partial charge on any atom is -0.357 e. The molecule has 0 bridgehead atoms. The predicted octanol–water partition coefficient (Wildman–Crippen LogP) is 3.02. The van der Waals surface area contributed by atoms with Gasteiger partial charge < -0.3 is 10.6 Å². The van der Waals surface area contributed by atoms with Crippen LogP contribution in [0, 0.1) is 0 Å². The van der Waals surface area contributed by atoms with Crippen LogP contribution in [0.1, 0.15) is 25.6 Å². The topological polar surface area (TPSA) is 36.4 Å². The molecule has 0 aliphatic rings. The average Bonchev–Trinajstić information content (AvgIpc) is 2.63. The number of guanidine groups is 1. The van der Waals surface area contributed by atoms with E-state index in [-0.39, 0.29) is 0 Å². The number of aliphatic imine (C=N–C) groups is 1. The number of thiophene rings is 1. The zero-order valence-electron chi connectivity index (χ0n) is 10.6. The summed E-state index contributed by atoms with van der Waals surface area (Å²) in [6, 6.07) is 4.64. The van der Waals surface area contributed by atoms with Gasteiger partial charge in [0.05, 0.1) is 3.79 Å². The summed E-state index contributed by atoms with van der Waals surface area (Å²) < 4.78 is 1.18. The summed E-state index contributed by atoms with van der Waals surface area (Å²) in [7, 11) is 0. The number of nitrogens with zero attached hydrogens (tertiary/aromatic N) is 1. The standard InChI is InChI=1S/C12H20BrN3S/c1-4-14-12(16-9(2)3)15-8-7-10-5-6-11(13)17-10/h5-6,9H,4,7-8H2,1-3H3,(H2,14,15,16). The fraction of sp³-hybridized carbons (Fsp3) is 0.583. The molecule has 0 saturated heterocycles. The van der Waals surface area contributed by atoms with Crippen LogP contribution in [0.4, 0.5) is 0 Å². The SMILES string of the molecule is CCNC(=NCCc1ccc(Br)s1)NC(C)C. The highest BCUT2D eigenvalue weighted by atomic mass is 79.9. The fourth-order valence-corrected chi connectivity index (χ4v) is 2.83. The van der Waals surface area contributed by atoms with Gasteiger partial charge in [-0.25, -0.2) is 0 Å². The number of hydrogen-bond donors (Lipinski definition) is 2. The molecule has 96 valence electrons. The molecule has 1 aromatic heterocycles. The molecule has 0 aliphatic carbocycles. The Bertz CT molecular complexity index is 360. The lowest BCUT2D eigenvalue weighted by molar-refractivity contribution is 0.700. The fourth-order valence-electron chi connectivity index (χ4n) is 1.36. The van der Waals surface area contributed by atoms with Crippen molar-refractivity contribution in [3.05, 3.63) is 20.8 Å². The Morgan fingerprint density at radius 2 is 2.24 bits per heavy atom. The molecule has 0 spiro atoms. The van der Waals surface area contributed by atoms with E-state index in [0.717, 1.165) is 25.5 Å².